The Bertz CT molecular complexity index is 584. The molecule has 2 aliphatic rings. The van der Waals surface area contributed by atoms with Crippen molar-refractivity contribution in [2.24, 2.45) is 4.99 Å². The molecule has 0 saturated heterocycles. The zero-order chi connectivity index (χ0) is 12.9. The van der Waals surface area contributed by atoms with E-state index >= 15 is 0 Å². The second-order valence-corrected chi connectivity index (χ2v) is 4.01. The van der Waals surface area contributed by atoms with Crippen LogP contribution in [0.15, 0.2) is 17.1 Å². The largest absolute Gasteiger partial charge is 0.586 e. The minimum absolute atomic E-state index is 0.0157. The average Bonchev–Trinajstić information content (AvgIpc) is 2.69. The molecular formula is C11H8F2N2O3. The molecule has 0 saturated carbocycles. The van der Waals surface area contributed by atoms with Crippen molar-refractivity contribution in [1.29, 1.82) is 0 Å². The van der Waals surface area contributed by atoms with Crippen LogP contribution in [0.5, 0.6) is 11.5 Å². The Hall–Kier alpha value is -2.18. The van der Waals surface area contributed by atoms with E-state index in [2.05, 4.69) is 19.8 Å². The molecule has 7 heteroatoms. The molecule has 1 N–H and O–H groups in total. The highest BCUT2D eigenvalue weighted by Gasteiger charge is 2.44. The molecule has 0 atom stereocenters. The second-order valence-electron chi connectivity index (χ2n) is 4.01. The second kappa shape index (κ2) is 3.41. The summed E-state index contributed by atoms with van der Waals surface area (Å²) in [6.45, 7) is 1.37. The number of ether oxygens (including phenoxy) is 2. The van der Waals surface area contributed by atoms with Crippen LogP contribution in [0.1, 0.15) is 12.5 Å². The number of amides is 1. The number of amidine groups is 1. The van der Waals surface area contributed by atoms with Gasteiger partial charge in [0, 0.05) is 19.4 Å². The first kappa shape index (κ1) is 10.9. The molecule has 0 aliphatic carbocycles. The van der Waals surface area contributed by atoms with Gasteiger partial charge in [0.15, 0.2) is 11.5 Å². The Morgan fingerprint density at radius 1 is 1.39 bits per heavy atom. The molecule has 94 valence electrons. The molecule has 0 bridgehead atoms. The van der Waals surface area contributed by atoms with Gasteiger partial charge in [-0.3, -0.25) is 4.79 Å². The number of alkyl halides is 2. The van der Waals surface area contributed by atoms with Gasteiger partial charge in [-0.25, -0.2) is 4.99 Å². The third kappa shape index (κ3) is 1.77. The standard InChI is InChI=1S/C11H8F2N2O3/c1-5(16)14-10-3-6-2-8-9(4-7(6)15-10)18-11(12,13)17-8/h2,4H,3H2,1H3,(H,14,15,16). The Labute approximate surface area is 100 Å². The lowest BCUT2D eigenvalue weighted by molar-refractivity contribution is -0.286. The minimum Gasteiger partial charge on any atom is -0.395 e. The number of halogens is 2. The lowest BCUT2D eigenvalue weighted by Gasteiger charge is -2.04. The lowest BCUT2D eigenvalue weighted by atomic mass is 10.1. The van der Waals surface area contributed by atoms with Gasteiger partial charge in [-0.2, -0.15) is 0 Å². The Kier molecular flexibility index (Phi) is 2.07. The van der Waals surface area contributed by atoms with Crippen LogP contribution >= 0.6 is 0 Å². The zero-order valence-corrected chi connectivity index (χ0v) is 9.29. The number of hydrogen-bond donors (Lipinski definition) is 1. The number of benzene rings is 1. The van der Waals surface area contributed by atoms with Crippen molar-refractivity contribution in [3.8, 4) is 11.5 Å². The normalized spacial score (nSPS) is 18.3. The summed E-state index contributed by atoms with van der Waals surface area (Å²) in [5.41, 5.74) is 1.21. The summed E-state index contributed by atoms with van der Waals surface area (Å²) in [6, 6.07) is 2.82. The number of carbonyl (C=O) groups excluding carboxylic acids is 1. The minimum atomic E-state index is -3.62. The Morgan fingerprint density at radius 3 is 2.72 bits per heavy atom. The zero-order valence-electron chi connectivity index (χ0n) is 9.29. The van der Waals surface area contributed by atoms with Crippen LogP contribution in [-0.2, 0) is 11.2 Å². The molecule has 0 unspecified atom stereocenters. The molecular weight excluding hydrogens is 246 g/mol. The van der Waals surface area contributed by atoms with Gasteiger partial charge < -0.3 is 14.8 Å². The van der Waals surface area contributed by atoms with Gasteiger partial charge in [0.2, 0.25) is 5.91 Å². The SMILES string of the molecule is CC(=O)NC1=Nc2cc3c(cc2C1)OC(F)(F)O3. The van der Waals surface area contributed by atoms with Gasteiger partial charge in [-0.1, -0.05) is 0 Å². The Balaban J connectivity index is 1.91. The first-order chi connectivity index (χ1) is 8.43. The van der Waals surface area contributed by atoms with E-state index in [0.29, 0.717) is 23.5 Å². The number of aliphatic imine (C=N–C) groups is 1. The number of hydrogen-bond acceptors (Lipinski definition) is 4. The van der Waals surface area contributed by atoms with E-state index in [9.17, 15) is 13.6 Å². The van der Waals surface area contributed by atoms with Crippen molar-refractivity contribution in [2.45, 2.75) is 19.6 Å². The van der Waals surface area contributed by atoms with E-state index < -0.39 is 6.29 Å². The van der Waals surface area contributed by atoms with Gasteiger partial charge >= 0.3 is 6.29 Å². The molecule has 0 spiro atoms. The van der Waals surface area contributed by atoms with Crippen molar-refractivity contribution in [3.05, 3.63) is 17.7 Å². The predicted molar refractivity (Wildman–Crippen MR) is 57.3 cm³/mol. The van der Waals surface area contributed by atoms with E-state index in [4.69, 9.17) is 0 Å². The summed E-state index contributed by atoms with van der Waals surface area (Å²) in [5, 5.41) is 2.56. The van der Waals surface area contributed by atoms with Crippen LogP contribution in [0.25, 0.3) is 0 Å². The molecule has 5 nitrogen and oxygen atoms in total. The van der Waals surface area contributed by atoms with Gasteiger partial charge in [0.1, 0.15) is 5.84 Å². The molecule has 1 aromatic rings. The molecule has 3 rings (SSSR count). The fourth-order valence-corrected chi connectivity index (χ4v) is 1.91. The van der Waals surface area contributed by atoms with Gasteiger partial charge in [0.25, 0.3) is 0 Å². The highest BCUT2D eigenvalue weighted by Crippen LogP contribution is 2.45. The topological polar surface area (TPSA) is 59.9 Å². The molecule has 1 amide bonds. The summed E-state index contributed by atoms with van der Waals surface area (Å²) in [6.07, 6.45) is -3.25. The fraction of sp³-hybridized carbons (Fsp3) is 0.273. The first-order valence-corrected chi connectivity index (χ1v) is 5.21. The number of nitrogens with one attached hydrogen (secondary N) is 1. The summed E-state index contributed by atoms with van der Waals surface area (Å²) in [7, 11) is 0. The summed E-state index contributed by atoms with van der Waals surface area (Å²) in [5.74, 6) is 0.186. The quantitative estimate of drug-likeness (QED) is 0.767. The van der Waals surface area contributed by atoms with Crippen LogP contribution < -0.4 is 14.8 Å². The summed E-state index contributed by atoms with van der Waals surface area (Å²) in [4.78, 5) is 15.0. The van der Waals surface area contributed by atoms with Crippen LogP contribution in [0, 0.1) is 0 Å². The van der Waals surface area contributed by atoms with E-state index in [-0.39, 0.29) is 17.4 Å². The molecule has 0 radical (unpaired) electrons. The third-order valence-electron chi connectivity index (χ3n) is 2.54. The smallest absolute Gasteiger partial charge is 0.395 e. The van der Waals surface area contributed by atoms with Gasteiger partial charge in [-0.05, 0) is 11.6 Å². The molecule has 0 fully saturated rings. The van der Waals surface area contributed by atoms with E-state index in [1.165, 1.54) is 19.1 Å². The van der Waals surface area contributed by atoms with Crippen molar-refractivity contribution < 1.29 is 23.0 Å². The molecule has 2 aliphatic heterocycles. The molecule has 2 heterocycles. The maximum Gasteiger partial charge on any atom is 0.586 e. The summed E-state index contributed by atoms with van der Waals surface area (Å²) < 4.78 is 34.3. The van der Waals surface area contributed by atoms with Crippen LogP contribution in [0.3, 0.4) is 0 Å². The van der Waals surface area contributed by atoms with Crippen molar-refractivity contribution in [1.82, 2.24) is 5.32 Å². The van der Waals surface area contributed by atoms with Crippen molar-refractivity contribution in [2.75, 3.05) is 0 Å². The number of nitrogens with zero attached hydrogens (tertiary/aromatic N) is 1. The highest BCUT2D eigenvalue weighted by atomic mass is 19.3. The van der Waals surface area contributed by atoms with Crippen LogP contribution in [-0.4, -0.2) is 18.0 Å². The van der Waals surface area contributed by atoms with Gasteiger partial charge in [-0.15, -0.1) is 8.78 Å². The maximum absolute atomic E-state index is 12.8. The first-order valence-electron chi connectivity index (χ1n) is 5.21. The monoisotopic (exact) mass is 254 g/mol. The van der Waals surface area contributed by atoms with Crippen LogP contribution in [0.4, 0.5) is 14.5 Å². The summed E-state index contributed by atoms with van der Waals surface area (Å²) >= 11 is 0. The predicted octanol–water partition coefficient (Wildman–Crippen LogP) is 1.73. The lowest BCUT2D eigenvalue weighted by Crippen LogP contribution is -2.27. The van der Waals surface area contributed by atoms with Gasteiger partial charge in [0.05, 0.1) is 5.69 Å². The van der Waals surface area contributed by atoms with E-state index in [0.717, 1.165) is 0 Å². The van der Waals surface area contributed by atoms with Crippen LogP contribution in [0.2, 0.25) is 0 Å². The number of fused-ring (bicyclic) bond motifs is 2. The number of carbonyl (C=O) groups is 1. The van der Waals surface area contributed by atoms with Crippen molar-refractivity contribution in [3.63, 3.8) is 0 Å². The third-order valence-corrected chi connectivity index (χ3v) is 2.54. The van der Waals surface area contributed by atoms with E-state index in [1.54, 1.807) is 0 Å². The maximum atomic E-state index is 12.8. The fourth-order valence-electron chi connectivity index (χ4n) is 1.91. The average molecular weight is 254 g/mol. The number of rotatable bonds is 0. The molecule has 18 heavy (non-hydrogen) atoms. The molecule has 0 aromatic heterocycles. The highest BCUT2D eigenvalue weighted by molar-refractivity contribution is 6.02. The van der Waals surface area contributed by atoms with E-state index in [1.807, 2.05) is 0 Å². The molecule has 1 aromatic carbocycles. The Morgan fingerprint density at radius 2 is 2.06 bits per heavy atom. The van der Waals surface area contributed by atoms with Crippen molar-refractivity contribution >= 4 is 17.4 Å².